The fourth-order valence-electron chi connectivity index (χ4n) is 4.15. The largest absolute Gasteiger partial charge is 0.497 e. The zero-order chi connectivity index (χ0) is 22.2. The molecular formula is C25H33N3O3. The van der Waals surface area contributed by atoms with Crippen LogP contribution in [0.1, 0.15) is 37.0 Å². The van der Waals surface area contributed by atoms with Crippen LogP contribution in [0.25, 0.3) is 0 Å². The average molecular weight is 424 g/mol. The summed E-state index contributed by atoms with van der Waals surface area (Å²) in [5, 5.41) is 0. The molecule has 1 aliphatic rings. The van der Waals surface area contributed by atoms with Gasteiger partial charge in [-0.3, -0.25) is 19.4 Å². The Morgan fingerprint density at radius 2 is 1.55 bits per heavy atom. The van der Waals surface area contributed by atoms with Crippen LogP contribution in [0.4, 0.5) is 5.69 Å². The van der Waals surface area contributed by atoms with Crippen molar-refractivity contribution in [3.63, 3.8) is 0 Å². The highest BCUT2D eigenvalue weighted by Gasteiger charge is 2.27. The third-order valence-corrected chi connectivity index (χ3v) is 6.07. The fraction of sp³-hybridized carbons (Fsp3) is 0.440. The molecule has 0 bridgehead atoms. The van der Waals surface area contributed by atoms with Crippen molar-refractivity contribution in [1.82, 2.24) is 9.80 Å². The quantitative estimate of drug-likeness (QED) is 0.650. The molecule has 3 rings (SSSR count). The third-order valence-electron chi connectivity index (χ3n) is 6.07. The second kappa shape index (κ2) is 11.0. The topological polar surface area (TPSA) is 53.1 Å². The molecule has 6 heteroatoms. The lowest BCUT2D eigenvalue weighted by atomic mass is 10.1. The molecule has 0 spiro atoms. The molecule has 166 valence electrons. The fourth-order valence-corrected chi connectivity index (χ4v) is 4.15. The smallest absolute Gasteiger partial charge is 0.258 e. The van der Waals surface area contributed by atoms with Crippen LogP contribution in [-0.4, -0.2) is 67.5 Å². The summed E-state index contributed by atoms with van der Waals surface area (Å²) >= 11 is 0. The minimum atomic E-state index is -0.196. The Hall–Kier alpha value is -2.86. The van der Waals surface area contributed by atoms with Crippen molar-refractivity contribution in [2.24, 2.45) is 0 Å². The van der Waals surface area contributed by atoms with Crippen molar-refractivity contribution in [3.05, 3.63) is 60.2 Å². The van der Waals surface area contributed by atoms with Gasteiger partial charge in [-0.05, 0) is 49.2 Å². The van der Waals surface area contributed by atoms with Crippen LogP contribution in [0, 0.1) is 0 Å². The van der Waals surface area contributed by atoms with Gasteiger partial charge < -0.3 is 9.64 Å². The Morgan fingerprint density at radius 1 is 0.935 bits per heavy atom. The number of para-hydroxylation sites is 1. The highest BCUT2D eigenvalue weighted by atomic mass is 16.5. The molecule has 6 nitrogen and oxygen atoms in total. The second-order valence-electron chi connectivity index (χ2n) is 7.84. The molecule has 1 saturated heterocycles. The molecule has 2 aromatic carbocycles. The highest BCUT2D eigenvalue weighted by Crippen LogP contribution is 2.20. The second-order valence-corrected chi connectivity index (χ2v) is 7.84. The van der Waals surface area contributed by atoms with Crippen LogP contribution in [0.2, 0.25) is 0 Å². The Kier molecular flexibility index (Phi) is 8.06. The van der Waals surface area contributed by atoms with Gasteiger partial charge in [0.1, 0.15) is 12.3 Å². The number of nitrogens with zero attached hydrogens (tertiary/aromatic N) is 3. The molecule has 0 N–H and O–H groups in total. The van der Waals surface area contributed by atoms with E-state index in [9.17, 15) is 9.59 Å². The van der Waals surface area contributed by atoms with E-state index in [1.165, 1.54) is 0 Å². The van der Waals surface area contributed by atoms with Gasteiger partial charge in [0, 0.05) is 43.5 Å². The van der Waals surface area contributed by atoms with Gasteiger partial charge >= 0.3 is 0 Å². The molecule has 2 aromatic rings. The number of benzene rings is 2. The van der Waals surface area contributed by atoms with E-state index in [4.69, 9.17) is 4.74 Å². The Bertz CT molecular complexity index is 842. The number of hydrogen-bond acceptors (Lipinski definition) is 4. The lowest BCUT2D eigenvalue weighted by Crippen LogP contribution is -2.54. The predicted molar refractivity (Wildman–Crippen MR) is 124 cm³/mol. The van der Waals surface area contributed by atoms with Gasteiger partial charge in [-0.2, -0.15) is 0 Å². The van der Waals surface area contributed by atoms with Gasteiger partial charge in [-0.1, -0.05) is 32.0 Å². The summed E-state index contributed by atoms with van der Waals surface area (Å²) in [4.78, 5) is 32.3. The maximum atomic E-state index is 13.3. The van der Waals surface area contributed by atoms with E-state index >= 15 is 0 Å². The first-order valence-corrected chi connectivity index (χ1v) is 11.1. The zero-order valence-electron chi connectivity index (χ0n) is 18.8. The van der Waals surface area contributed by atoms with E-state index in [1.807, 2.05) is 35.2 Å². The van der Waals surface area contributed by atoms with Crippen LogP contribution in [-0.2, 0) is 4.79 Å². The standard InChI is InChI=1S/C25H33N3O3/c1-4-21(5-2)26-15-17-27(18-16-26)24(29)19-28(22-9-7-6-8-10-22)25(30)20-11-13-23(31-3)14-12-20/h6-14,21H,4-5,15-19H2,1-3H3. The van der Waals surface area contributed by atoms with Gasteiger partial charge in [0.15, 0.2) is 0 Å². The Balaban J connectivity index is 1.72. The number of anilines is 1. The van der Waals surface area contributed by atoms with Crippen LogP contribution in [0.15, 0.2) is 54.6 Å². The molecule has 1 fully saturated rings. The molecule has 31 heavy (non-hydrogen) atoms. The molecule has 2 amide bonds. The molecule has 1 heterocycles. The lowest BCUT2D eigenvalue weighted by molar-refractivity contribution is -0.131. The Labute approximate surface area is 185 Å². The van der Waals surface area contributed by atoms with Crippen molar-refractivity contribution in [2.45, 2.75) is 32.7 Å². The zero-order valence-corrected chi connectivity index (χ0v) is 18.8. The predicted octanol–water partition coefficient (Wildman–Crippen LogP) is 3.67. The molecule has 1 aliphatic heterocycles. The van der Waals surface area contributed by atoms with E-state index in [-0.39, 0.29) is 18.4 Å². The van der Waals surface area contributed by atoms with Crippen LogP contribution >= 0.6 is 0 Å². The number of piperazine rings is 1. The maximum absolute atomic E-state index is 13.3. The first-order chi connectivity index (χ1) is 15.1. The monoisotopic (exact) mass is 423 g/mol. The normalized spacial score (nSPS) is 14.5. The van der Waals surface area contributed by atoms with Crippen molar-refractivity contribution in [1.29, 1.82) is 0 Å². The van der Waals surface area contributed by atoms with Gasteiger partial charge in [-0.25, -0.2) is 0 Å². The van der Waals surface area contributed by atoms with Crippen molar-refractivity contribution in [2.75, 3.05) is 44.7 Å². The van der Waals surface area contributed by atoms with Crippen LogP contribution in [0.3, 0.4) is 0 Å². The van der Waals surface area contributed by atoms with E-state index in [0.29, 0.717) is 36.1 Å². The summed E-state index contributed by atoms with van der Waals surface area (Å²) in [6, 6.07) is 16.9. The molecule has 0 atom stereocenters. The van der Waals surface area contributed by atoms with Crippen molar-refractivity contribution < 1.29 is 14.3 Å². The van der Waals surface area contributed by atoms with E-state index in [2.05, 4.69) is 18.7 Å². The number of methoxy groups -OCH3 is 1. The molecule has 0 aromatic heterocycles. The summed E-state index contributed by atoms with van der Waals surface area (Å²) in [5.41, 5.74) is 1.24. The van der Waals surface area contributed by atoms with Gasteiger partial charge in [-0.15, -0.1) is 0 Å². The summed E-state index contributed by atoms with van der Waals surface area (Å²) in [5.74, 6) is 0.474. The minimum absolute atomic E-state index is 0.0186. The summed E-state index contributed by atoms with van der Waals surface area (Å²) in [6.07, 6.45) is 2.26. The third kappa shape index (κ3) is 5.64. The molecule has 0 saturated carbocycles. The number of amides is 2. The maximum Gasteiger partial charge on any atom is 0.258 e. The number of carbonyl (C=O) groups excluding carboxylic acids is 2. The van der Waals surface area contributed by atoms with E-state index in [0.717, 1.165) is 25.9 Å². The van der Waals surface area contributed by atoms with Crippen molar-refractivity contribution >= 4 is 17.5 Å². The summed E-state index contributed by atoms with van der Waals surface area (Å²) in [6.45, 7) is 7.64. The number of hydrogen-bond donors (Lipinski definition) is 0. The van der Waals surface area contributed by atoms with Crippen LogP contribution < -0.4 is 9.64 Å². The van der Waals surface area contributed by atoms with Crippen LogP contribution in [0.5, 0.6) is 5.75 Å². The number of rotatable bonds is 8. The minimum Gasteiger partial charge on any atom is -0.497 e. The molecule has 0 unspecified atom stereocenters. The number of carbonyl (C=O) groups is 2. The first-order valence-electron chi connectivity index (χ1n) is 11.1. The summed E-state index contributed by atoms with van der Waals surface area (Å²) < 4.78 is 5.19. The van der Waals surface area contributed by atoms with Gasteiger partial charge in [0.25, 0.3) is 5.91 Å². The van der Waals surface area contributed by atoms with Gasteiger partial charge in [0.05, 0.1) is 7.11 Å². The molecule has 0 radical (unpaired) electrons. The van der Waals surface area contributed by atoms with E-state index in [1.54, 1.807) is 36.3 Å². The van der Waals surface area contributed by atoms with E-state index < -0.39 is 0 Å². The SMILES string of the molecule is CCC(CC)N1CCN(C(=O)CN(C(=O)c2ccc(OC)cc2)c2ccccc2)CC1. The summed E-state index contributed by atoms with van der Waals surface area (Å²) in [7, 11) is 1.59. The first kappa shape index (κ1) is 22.8. The average Bonchev–Trinajstić information content (AvgIpc) is 2.84. The van der Waals surface area contributed by atoms with Crippen molar-refractivity contribution in [3.8, 4) is 5.75 Å². The lowest BCUT2D eigenvalue weighted by Gasteiger charge is -2.39. The highest BCUT2D eigenvalue weighted by molar-refractivity contribution is 6.08. The Morgan fingerprint density at radius 3 is 2.10 bits per heavy atom. The molecular weight excluding hydrogens is 390 g/mol. The number of ether oxygens (including phenoxy) is 1. The molecule has 0 aliphatic carbocycles. The van der Waals surface area contributed by atoms with Gasteiger partial charge in [0.2, 0.25) is 5.91 Å².